The Bertz CT molecular complexity index is 893. The first-order chi connectivity index (χ1) is 15.1. The number of nitrogens with zero attached hydrogens (tertiary/aromatic N) is 1. The summed E-state index contributed by atoms with van der Waals surface area (Å²) in [6, 6.07) is 11.5. The number of ether oxygens (including phenoxy) is 4. The van der Waals surface area contributed by atoms with E-state index in [2.05, 4.69) is 28.4 Å². The van der Waals surface area contributed by atoms with Gasteiger partial charge in [0.15, 0.2) is 23.0 Å². The highest BCUT2D eigenvalue weighted by molar-refractivity contribution is 5.55. The van der Waals surface area contributed by atoms with Gasteiger partial charge < -0.3 is 24.3 Å². The smallest absolute Gasteiger partial charge is 0.162 e. The van der Waals surface area contributed by atoms with E-state index in [1.807, 2.05) is 12.1 Å². The van der Waals surface area contributed by atoms with Gasteiger partial charge in [-0.25, -0.2) is 0 Å². The number of aryl methyl sites for hydroxylation is 1. The van der Waals surface area contributed by atoms with E-state index >= 15 is 0 Å². The molecule has 1 saturated heterocycles. The van der Waals surface area contributed by atoms with E-state index in [1.165, 1.54) is 17.5 Å². The maximum atomic E-state index is 5.52. The molecule has 1 unspecified atom stereocenters. The number of benzene rings is 2. The second-order valence-corrected chi connectivity index (χ2v) is 8.40. The van der Waals surface area contributed by atoms with Crippen LogP contribution in [0.25, 0.3) is 0 Å². The van der Waals surface area contributed by atoms with Crippen molar-refractivity contribution in [2.75, 3.05) is 46.8 Å². The van der Waals surface area contributed by atoms with Crippen molar-refractivity contribution in [3.05, 3.63) is 41.5 Å². The maximum absolute atomic E-state index is 5.52. The van der Waals surface area contributed by atoms with Crippen molar-refractivity contribution < 1.29 is 18.9 Å². The Morgan fingerprint density at radius 1 is 0.742 bits per heavy atom. The molecule has 6 nitrogen and oxygen atoms in total. The van der Waals surface area contributed by atoms with Gasteiger partial charge in [0.25, 0.3) is 0 Å². The molecule has 1 atom stereocenters. The molecule has 1 aliphatic heterocycles. The van der Waals surface area contributed by atoms with Crippen molar-refractivity contribution in [1.29, 1.82) is 0 Å². The largest absolute Gasteiger partial charge is 0.493 e. The van der Waals surface area contributed by atoms with Crippen molar-refractivity contribution in [3.8, 4) is 23.0 Å². The van der Waals surface area contributed by atoms with E-state index in [0.717, 1.165) is 67.5 Å². The molecule has 2 aliphatic rings. The minimum atomic E-state index is 0.481. The number of hydrogen-bond donors (Lipinski definition) is 1. The van der Waals surface area contributed by atoms with Crippen molar-refractivity contribution in [3.63, 3.8) is 0 Å². The Balaban J connectivity index is 1.34. The van der Waals surface area contributed by atoms with E-state index in [1.54, 1.807) is 28.4 Å². The number of anilines is 1. The highest BCUT2D eigenvalue weighted by Crippen LogP contribution is 2.36. The molecule has 4 rings (SSSR count). The Kier molecular flexibility index (Phi) is 6.76. The zero-order valence-electron chi connectivity index (χ0n) is 19.1. The lowest BCUT2D eigenvalue weighted by Gasteiger charge is -2.40. The Morgan fingerprint density at radius 2 is 1.35 bits per heavy atom. The quantitative estimate of drug-likeness (QED) is 0.718. The number of hydrogen-bond acceptors (Lipinski definition) is 6. The van der Waals surface area contributed by atoms with Crippen LogP contribution in [0.3, 0.4) is 0 Å². The standard InChI is InChI=1S/C25H34N2O4/c1-28-22-8-6-20(16-25(22)31-4)26-19-9-11-27(12-10-19)21-7-5-17-14-23(29-2)24(30-3)15-18(17)13-21/h6,8,14-16,19,21,26H,5,7,9-13H2,1-4H3. The summed E-state index contributed by atoms with van der Waals surface area (Å²) in [5, 5.41) is 3.68. The summed E-state index contributed by atoms with van der Waals surface area (Å²) in [5.41, 5.74) is 3.89. The van der Waals surface area contributed by atoms with Gasteiger partial charge in [0.2, 0.25) is 0 Å². The number of piperidine rings is 1. The van der Waals surface area contributed by atoms with Crippen LogP contribution in [-0.2, 0) is 12.8 Å². The van der Waals surface area contributed by atoms with E-state index in [0.29, 0.717) is 12.1 Å². The van der Waals surface area contributed by atoms with E-state index in [9.17, 15) is 0 Å². The first kappa shape index (κ1) is 21.6. The van der Waals surface area contributed by atoms with Crippen LogP contribution >= 0.6 is 0 Å². The summed E-state index contributed by atoms with van der Waals surface area (Å²) >= 11 is 0. The van der Waals surface area contributed by atoms with Crippen LogP contribution in [0.15, 0.2) is 30.3 Å². The lowest BCUT2D eigenvalue weighted by molar-refractivity contribution is 0.144. The molecule has 0 bridgehead atoms. The molecule has 0 amide bonds. The Morgan fingerprint density at radius 3 is 2.00 bits per heavy atom. The molecule has 6 heteroatoms. The summed E-state index contributed by atoms with van der Waals surface area (Å²) in [5.74, 6) is 3.19. The summed E-state index contributed by atoms with van der Waals surface area (Å²) < 4.78 is 21.8. The molecular weight excluding hydrogens is 392 g/mol. The van der Waals surface area contributed by atoms with E-state index in [-0.39, 0.29) is 0 Å². The van der Waals surface area contributed by atoms with Crippen molar-refractivity contribution in [1.82, 2.24) is 4.90 Å². The normalized spacial score (nSPS) is 19.4. The minimum absolute atomic E-state index is 0.481. The van der Waals surface area contributed by atoms with Crippen molar-refractivity contribution in [2.24, 2.45) is 0 Å². The molecule has 1 heterocycles. The molecule has 1 N–H and O–H groups in total. The van der Waals surface area contributed by atoms with Crippen LogP contribution in [0.1, 0.15) is 30.4 Å². The monoisotopic (exact) mass is 426 g/mol. The fourth-order valence-electron chi connectivity index (χ4n) is 4.95. The fraction of sp³-hybridized carbons (Fsp3) is 0.520. The highest BCUT2D eigenvalue weighted by Gasteiger charge is 2.29. The molecule has 1 aliphatic carbocycles. The van der Waals surface area contributed by atoms with Crippen LogP contribution < -0.4 is 24.3 Å². The van der Waals surface area contributed by atoms with Crippen LogP contribution in [0.2, 0.25) is 0 Å². The molecule has 0 aromatic heterocycles. The predicted molar refractivity (Wildman–Crippen MR) is 123 cm³/mol. The predicted octanol–water partition coefficient (Wildman–Crippen LogP) is 4.15. The third-order valence-corrected chi connectivity index (χ3v) is 6.71. The molecule has 2 aromatic carbocycles. The molecule has 0 radical (unpaired) electrons. The molecular formula is C25H34N2O4. The minimum Gasteiger partial charge on any atom is -0.493 e. The number of fused-ring (bicyclic) bond motifs is 1. The maximum Gasteiger partial charge on any atom is 0.162 e. The van der Waals surface area contributed by atoms with Crippen LogP contribution in [0.5, 0.6) is 23.0 Å². The van der Waals surface area contributed by atoms with Gasteiger partial charge in [-0.15, -0.1) is 0 Å². The van der Waals surface area contributed by atoms with Crippen LogP contribution in [0.4, 0.5) is 5.69 Å². The Labute approximate surface area is 185 Å². The number of likely N-dealkylation sites (tertiary alicyclic amines) is 1. The lowest BCUT2D eigenvalue weighted by Crippen LogP contribution is -2.46. The van der Waals surface area contributed by atoms with Gasteiger partial charge in [0.05, 0.1) is 28.4 Å². The molecule has 0 spiro atoms. The summed E-state index contributed by atoms with van der Waals surface area (Å²) in [4.78, 5) is 2.67. The fourth-order valence-corrected chi connectivity index (χ4v) is 4.95. The zero-order valence-corrected chi connectivity index (χ0v) is 19.1. The molecule has 2 aromatic rings. The number of rotatable bonds is 7. The number of methoxy groups -OCH3 is 4. The van der Waals surface area contributed by atoms with Gasteiger partial charge in [0.1, 0.15) is 0 Å². The molecule has 168 valence electrons. The van der Waals surface area contributed by atoms with Crippen LogP contribution in [0, 0.1) is 0 Å². The molecule has 31 heavy (non-hydrogen) atoms. The van der Waals surface area contributed by atoms with Crippen LogP contribution in [-0.4, -0.2) is 58.5 Å². The van der Waals surface area contributed by atoms with E-state index in [4.69, 9.17) is 18.9 Å². The van der Waals surface area contributed by atoms with Gasteiger partial charge in [-0.2, -0.15) is 0 Å². The Hall–Kier alpha value is -2.60. The third kappa shape index (κ3) is 4.69. The second kappa shape index (κ2) is 9.69. The first-order valence-electron chi connectivity index (χ1n) is 11.1. The average Bonchev–Trinajstić information content (AvgIpc) is 2.83. The van der Waals surface area contributed by atoms with Gasteiger partial charge in [0, 0.05) is 36.9 Å². The molecule has 0 saturated carbocycles. The van der Waals surface area contributed by atoms with Gasteiger partial charge in [-0.05, 0) is 67.5 Å². The zero-order chi connectivity index (χ0) is 21.8. The highest BCUT2D eigenvalue weighted by atomic mass is 16.5. The van der Waals surface area contributed by atoms with Gasteiger partial charge in [-0.3, -0.25) is 4.90 Å². The number of nitrogens with one attached hydrogen (secondary N) is 1. The summed E-state index contributed by atoms with van der Waals surface area (Å²) in [6.45, 7) is 2.25. The lowest BCUT2D eigenvalue weighted by atomic mass is 9.86. The summed E-state index contributed by atoms with van der Waals surface area (Å²) in [6.07, 6.45) is 5.68. The first-order valence-corrected chi connectivity index (χ1v) is 11.1. The topological polar surface area (TPSA) is 52.2 Å². The second-order valence-electron chi connectivity index (χ2n) is 8.40. The van der Waals surface area contributed by atoms with Crippen molar-refractivity contribution in [2.45, 2.75) is 44.2 Å². The van der Waals surface area contributed by atoms with Crippen molar-refractivity contribution >= 4 is 5.69 Å². The summed E-state index contributed by atoms with van der Waals surface area (Å²) in [7, 11) is 6.75. The SMILES string of the molecule is COc1ccc(NC2CCN(C3CCc4cc(OC)c(OC)cc4C3)CC2)cc1OC. The third-order valence-electron chi connectivity index (χ3n) is 6.71. The van der Waals surface area contributed by atoms with E-state index < -0.39 is 0 Å². The van der Waals surface area contributed by atoms with Gasteiger partial charge in [-0.1, -0.05) is 0 Å². The van der Waals surface area contributed by atoms with Gasteiger partial charge >= 0.3 is 0 Å². The average molecular weight is 427 g/mol. The molecule has 1 fully saturated rings.